The smallest absolute Gasteiger partial charge is 0.328 e. The monoisotopic (exact) mass is 354 g/mol. The normalized spacial score (nSPS) is 27.5. The molecule has 1 N–H and O–H groups in total. The van der Waals surface area contributed by atoms with Gasteiger partial charge in [-0.15, -0.1) is 6.58 Å². The molecule has 1 aromatic rings. The van der Waals surface area contributed by atoms with Crippen LogP contribution in [0, 0.1) is 5.92 Å². The molecular weight excluding hydrogens is 340 g/mol. The summed E-state index contributed by atoms with van der Waals surface area (Å²) in [7, 11) is 0. The zero-order chi connectivity index (χ0) is 15.0. The lowest BCUT2D eigenvalue weighted by molar-refractivity contribution is -0.0847. The number of nitrogens with zero attached hydrogens (tertiary/aromatic N) is 1. The largest absolute Gasteiger partial charge is 0.348 e. The molecule has 0 spiro atoms. The fourth-order valence-corrected chi connectivity index (χ4v) is 3.11. The summed E-state index contributed by atoms with van der Waals surface area (Å²) in [5.41, 5.74) is 0.239. The number of fused-ring (bicyclic) bond motifs is 1. The van der Waals surface area contributed by atoms with E-state index in [0.29, 0.717) is 17.7 Å². The molecule has 0 aromatic carbocycles. The fraction of sp³-hybridized carbons (Fsp3) is 0.429. The number of ether oxygens (including phenoxy) is 2. The van der Waals surface area contributed by atoms with Crippen molar-refractivity contribution in [3.8, 4) is 0 Å². The Bertz CT molecular complexity index is 706. The third-order valence-corrected chi connectivity index (χ3v) is 4.32. The van der Waals surface area contributed by atoms with Crippen LogP contribution < -0.4 is 11.2 Å². The molecule has 112 valence electrons. The summed E-state index contributed by atoms with van der Waals surface area (Å²) in [6.45, 7) is 4.62. The molecule has 3 rings (SSSR count). The van der Waals surface area contributed by atoms with Crippen LogP contribution in [0.5, 0.6) is 0 Å². The van der Waals surface area contributed by atoms with Crippen molar-refractivity contribution < 1.29 is 9.47 Å². The van der Waals surface area contributed by atoms with Gasteiger partial charge in [0.1, 0.15) is 0 Å². The summed E-state index contributed by atoms with van der Waals surface area (Å²) in [6, 6.07) is -0.0932. The molecule has 0 saturated carbocycles. The van der Waals surface area contributed by atoms with Crippen LogP contribution >= 0.6 is 15.9 Å². The van der Waals surface area contributed by atoms with E-state index in [9.17, 15) is 9.59 Å². The molecule has 7 heteroatoms. The number of aromatic nitrogens is 2. The van der Waals surface area contributed by atoms with Crippen LogP contribution in [0.3, 0.4) is 0 Å². The van der Waals surface area contributed by atoms with Gasteiger partial charge < -0.3 is 9.47 Å². The average Bonchev–Trinajstić information content (AvgIpc) is 3.01. The van der Waals surface area contributed by atoms with E-state index in [-0.39, 0.29) is 18.2 Å². The summed E-state index contributed by atoms with van der Waals surface area (Å²) in [5, 5.41) is 0. The number of H-pyrrole nitrogens is 1. The highest BCUT2D eigenvalue weighted by Crippen LogP contribution is 2.40. The molecule has 0 radical (unpaired) electrons. The summed E-state index contributed by atoms with van der Waals surface area (Å²) >= 11 is 3.15. The van der Waals surface area contributed by atoms with Crippen molar-refractivity contribution in [2.24, 2.45) is 5.92 Å². The first-order chi connectivity index (χ1) is 10.1. The molecule has 1 aromatic heterocycles. The lowest BCUT2D eigenvalue weighted by atomic mass is 10.0. The highest BCUT2D eigenvalue weighted by Gasteiger charge is 2.38. The number of hydrogen-bond donors (Lipinski definition) is 1. The number of rotatable bonds is 4. The van der Waals surface area contributed by atoms with Crippen LogP contribution in [0.1, 0.15) is 12.5 Å². The van der Waals surface area contributed by atoms with E-state index in [1.54, 1.807) is 6.08 Å². The summed E-state index contributed by atoms with van der Waals surface area (Å²) in [6.07, 6.45) is 5.61. The van der Waals surface area contributed by atoms with Crippen molar-refractivity contribution in [3.05, 3.63) is 55.8 Å². The predicted octanol–water partition coefficient (Wildman–Crippen LogP) is 1.35. The van der Waals surface area contributed by atoms with Crippen molar-refractivity contribution in [3.63, 3.8) is 0 Å². The Hall–Kier alpha value is -1.44. The molecule has 1 aliphatic heterocycles. The Labute approximate surface area is 129 Å². The maximum Gasteiger partial charge on any atom is 0.328 e. The van der Waals surface area contributed by atoms with Crippen LogP contribution in [0.15, 0.2) is 44.6 Å². The van der Waals surface area contributed by atoms with E-state index in [1.807, 2.05) is 6.08 Å². The number of allylic oxidation sites excluding steroid dienone is 1. The Kier molecular flexibility index (Phi) is 3.97. The van der Waals surface area contributed by atoms with Crippen molar-refractivity contribution in [2.45, 2.75) is 18.8 Å². The van der Waals surface area contributed by atoms with E-state index < -0.39 is 11.2 Å². The van der Waals surface area contributed by atoms with Gasteiger partial charge in [-0.1, -0.05) is 12.2 Å². The van der Waals surface area contributed by atoms with Crippen molar-refractivity contribution in [1.82, 2.24) is 9.55 Å². The molecule has 2 aliphatic rings. The topological polar surface area (TPSA) is 73.3 Å². The van der Waals surface area contributed by atoms with Crippen LogP contribution in [0.2, 0.25) is 0 Å². The van der Waals surface area contributed by atoms with E-state index in [0.717, 1.165) is 12.0 Å². The van der Waals surface area contributed by atoms with Gasteiger partial charge in [0.25, 0.3) is 5.56 Å². The second-order valence-electron chi connectivity index (χ2n) is 5.10. The minimum atomic E-state index is -0.419. The quantitative estimate of drug-likeness (QED) is 0.828. The number of aromatic amines is 1. The molecule has 3 atom stereocenters. The lowest BCUT2D eigenvalue weighted by Crippen LogP contribution is -2.31. The summed E-state index contributed by atoms with van der Waals surface area (Å²) < 4.78 is 13.0. The maximum atomic E-state index is 11.9. The number of hydrogen-bond acceptors (Lipinski definition) is 4. The Morgan fingerprint density at radius 2 is 2.38 bits per heavy atom. The van der Waals surface area contributed by atoms with Crippen LogP contribution in [0.4, 0.5) is 0 Å². The third kappa shape index (κ3) is 2.68. The average molecular weight is 355 g/mol. The highest BCUT2D eigenvalue weighted by atomic mass is 79.9. The molecular formula is C14H15BrN2O4. The van der Waals surface area contributed by atoms with Gasteiger partial charge in [-0.25, -0.2) is 4.79 Å². The molecule has 6 nitrogen and oxygen atoms in total. The molecule has 1 aliphatic carbocycles. The Morgan fingerprint density at radius 3 is 3.14 bits per heavy atom. The van der Waals surface area contributed by atoms with Crippen molar-refractivity contribution in [2.75, 3.05) is 13.2 Å². The first kappa shape index (κ1) is 14.5. The van der Waals surface area contributed by atoms with Gasteiger partial charge in [-0.05, 0) is 27.9 Å². The molecule has 1 fully saturated rings. The van der Waals surface area contributed by atoms with Crippen molar-refractivity contribution >= 4 is 15.9 Å². The van der Waals surface area contributed by atoms with Gasteiger partial charge >= 0.3 is 5.69 Å². The van der Waals surface area contributed by atoms with Gasteiger partial charge in [-0.2, -0.15) is 0 Å². The Balaban J connectivity index is 1.88. The maximum absolute atomic E-state index is 11.9. The molecule has 0 amide bonds. The third-order valence-electron chi connectivity index (χ3n) is 3.75. The Morgan fingerprint density at radius 1 is 1.57 bits per heavy atom. The van der Waals surface area contributed by atoms with E-state index in [1.165, 1.54) is 10.8 Å². The molecule has 2 heterocycles. The number of nitrogens with one attached hydrogen (secondary N) is 1. The molecule has 3 unspecified atom stereocenters. The first-order valence-corrected chi connectivity index (χ1v) is 7.46. The van der Waals surface area contributed by atoms with Gasteiger partial charge in [-0.3, -0.25) is 14.3 Å². The van der Waals surface area contributed by atoms with Gasteiger partial charge in [0.05, 0.1) is 23.7 Å². The van der Waals surface area contributed by atoms with Gasteiger partial charge in [0, 0.05) is 12.1 Å². The highest BCUT2D eigenvalue weighted by molar-refractivity contribution is 9.10. The molecule has 1 saturated heterocycles. The van der Waals surface area contributed by atoms with E-state index >= 15 is 0 Å². The minimum Gasteiger partial charge on any atom is -0.348 e. The zero-order valence-corrected chi connectivity index (χ0v) is 12.8. The first-order valence-electron chi connectivity index (χ1n) is 6.67. The molecule has 21 heavy (non-hydrogen) atoms. The standard InChI is InChI=1S/C14H15BrN2O4/c1-2-3-20-13-10-5-9(4-8(10)7-21-13)17-6-11(15)12(18)16-14(17)19/h2,5-6,8-9,13H,1,3-4,7H2,(H,16,18,19). The summed E-state index contributed by atoms with van der Waals surface area (Å²) in [4.78, 5) is 25.6. The van der Waals surface area contributed by atoms with Crippen molar-refractivity contribution in [1.29, 1.82) is 0 Å². The second kappa shape index (κ2) is 5.75. The van der Waals surface area contributed by atoms with E-state index in [2.05, 4.69) is 27.5 Å². The second-order valence-corrected chi connectivity index (χ2v) is 5.95. The zero-order valence-electron chi connectivity index (χ0n) is 11.3. The molecule has 0 bridgehead atoms. The van der Waals surface area contributed by atoms with Crippen LogP contribution in [0.25, 0.3) is 0 Å². The van der Waals surface area contributed by atoms with Gasteiger partial charge in [0.15, 0.2) is 6.29 Å². The van der Waals surface area contributed by atoms with Crippen LogP contribution in [-0.2, 0) is 9.47 Å². The van der Waals surface area contributed by atoms with Gasteiger partial charge in [0.2, 0.25) is 0 Å². The number of halogens is 1. The van der Waals surface area contributed by atoms with E-state index in [4.69, 9.17) is 9.47 Å². The predicted molar refractivity (Wildman–Crippen MR) is 80.1 cm³/mol. The SMILES string of the molecule is C=CCOC1OCC2CC(n3cc(Br)c(=O)[nH]c3=O)C=C21. The fourth-order valence-electron chi connectivity index (χ4n) is 2.79. The minimum absolute atomic E-state index is 0.0932. The van der Waals surface area contributed by atoms with Crippen LogP contribution in [-0.4, -0.2) is 29.1 Å². The lowest BCUT2D eigenvalue weighted by Gasteiger charge is -2.14. The summed E-state index contributed by atoms with van der Waals surface area (Å²) in [5.74, 6) is 0.252.